The molecule has 0 atom stereocenters. The molecule has 0 unspecified atom stereocenters. The summed E-state index contributed by atoms with van der Waals surface area (Å²) in [7, 11) is -3.36. The smallest absolute Gasteiger partial charge is 0.410 e. The minimum Gasteiger partial charge on any atom is -0.444 e. The van der Waals surface area contributed by atoms with Gasteiger partial charge in [0.25, 0.3) is 10.1 Å². The van der Waals surface area contributed by atoms with Crippen LogP contribution in [0.3, 0.4) is 0 Å². The Labute approximate surface area is 157 Å². The van der Waals surface area contributed by atoms with Crippen molar-refractivity contribution in [1.82, 2.24) is 14.7 Å². The van der Waals surface area contributed by atoms with Crippen LogP contribution in [0.1, 0.15) is 33.6 Å². The zero-order valence-electron chi connectivity index (χ0n) is 16.4. The van der Waals surface area contributed by atoms with Gasteiger partial charge in [0, 0.05) is 51.9 Å². The zero-order valence-corrected chi connectivity index (χ0v) is 17.3. The summed E-state index contributed by atoms with van der Waals surface area (Å²) >= 11 is 0. The number of ether oxygens (including phenoxy) is 1. The lowest BCUT2D eigenvalue weighted by Gasteiger charge is -2.42. The van der Waals surface area contributed by atoms with Crippen molar-refractivity contribution in [2.45, 2.75) is 45.3 Å². The molecule has 2 aliphatic rings. The van der Waals surface area contributed by atoms with Crippen LogP contribution in [0.15, 0.2) is 0 Å². The Morgan fingerprint density at radius 3 is 2.12 bits per heavy atom. The van der Waals surface area contributed by atoms with Crippen molar-refractivity contribution >= 4 is 16.2 Å². The molecule has 0 N–H and O–H groups in total. The van der Waals surface area contributed by atoms with Gasteiger partial charge in [0.05, 0.1) is 12.9 Å². The molecule has 152 valence electrons. The maximum Gasteiger partial charge on any atom is 0.410 e. The van der Waals surface area contributed by atoms with E-state index in [9.17, 15) is 13.2 Å². The van der Waals surface area contributed by atoms with Crippen molar-refractivity contribution < 1.29 is 22.1 Å². The average molecular weight is 392 g/mol. The van der Waals surface area contributed by atoms with Gasteiger partial charge in [-0.15, -0.1) is 0 Å². The molecule has 0 aromatic carbocycles. The van der Waals surface area contributed by atoms with Crippen LogP contribution in [0.5, 0.6) is 0 Å². The van der Waals surface area contributed by atoms with Crippen molar-refractivity contribution in [1.29, 1.82) is 0 Å². The third-order valence-corrected chi connectivity index (χ3v) is 5.34. The van der Waals surface area contributed by atoms with E-state index in [1.165, 1.54) is 0 Å². The SMILES string of the molecule is CC(C)(C)OC(=O)N1CCC(N2CCN(CCOS(C)(=O)=O)CC2)CC1. The number of likely N-dealkylation sites (tertiary alicyclic amines) is 1. The number of amides is 1. The van der Waals surface area contributed by atoms with Crippen molar-refractivity contribution in [3.05, 3.63) is 0 Å². The van der Waals surface area contributed by atoms with E-state index in [0.29, 0.717) is 12.6 Å². The summed E-state index contributed by atoms with van der Waals surface area (Å²) in [6.07, 6.45) is 2.80. The van der Waals surface area contributed by atoms with Gasteiger partial charge in [0.2, 0.25) is 0 Å². The summed E-state index contributed by atoms with van der Waals surface area (Å²) in [4.78, 5) is 18.7. The fraction of sp³-hybridized carbons (Fsp3) is 0.941. The number of hydrogen-bond donors (Lipinski definition) is 0. The predicted molar refractivity (Wildman–Crippen MR) is 99.6 cm³/mol. The third kappa shape index (κ3) is 7.38. The van der Waals surface area contributed by atoms with Gasteiger partial charge in [-0.05, 0) is 33.6 Å². The Hall–Kier alpha value is -0.900. The molecule has 0 radical (unpaired) electrons. The van der Waals surface area contributed by atoms with Crippen molar-refractivity contribution in [2.24, 2.45) is 0 Å². The van der Waals surface area contributed by atoms with Crippen LogP contribution in [0.2, 0.25) is 0 Å². The average Bonchev–Trinajstić information content (AvgIpc) is 2.53. The number of nitrogens with zero attached hydrogens (tertiary/aromatic N) is 3. The fourth-order valence-electron chi connectivity index (χ4n) is 3.41. The molecule has 0 saturated carbocycles. The molecular formula is C17H33N3O5S. The summed E-state index contributed by atoms with van der Waals surface area (Å²) in [5.41, 5.74) is -0.453. The summed E-state index contributed by atoms with van der Waals surface area (Å²) in [6.45, 7) is 11.8. The maximum absolute atomic E-state index is 12.1. The summed E-state index contributed by atoms with van der Waals surface area (Å²) < 4.78 is 32.3. The molecule has 0 aliphatic carbocycles. The minimum absolute atomic E-state index is 0.215. The zero-order chi connectivity index (χ0) is 19.4. The molecule has 0 spiro atoms. The second-order valence-electron chi connectivity index (χ2n) is 8.10. The van der Waals surface area contributed by atoms with Gasteiger partial charge in [-0.25, -0.2) is 4.79 Å². The predicted octanol–water partition coefficient (Wildman–Crippen LogP) is 0.980. The maximum atomic E-state index is 12.1. The molecule has 26 heavy (non-hydrogen) atoms. The Kier molecular flexibility index (Phi) is 7.29. The molecule has 2 aliphatic heterocycles. The van der Waals surface area contributed by atoms with Gasteiger partial charge in [0.15, 0.2) is 0 Å². The molecule has 0 aromatic rings. The molecule has 2 saturated heterocycles. The molecule has 1 amide bonds. The van der Waals surface area contributed by atoms with E-state index < -0.39 is 15.7 Å². The Balaban J connectivity index is 1.67. The topological polar surface area (TPSA) is 79.4 Å². The van der Waals surface area contributed by atoms with E-state index in [1.54, 1.807) is 4.90 Å². The lowest BCUT2D eigenvalue weighted by molar-refractivity contribution is 0.00965. The quantitative estimate of drug-likeness (QED) is 0.646. The van der Waals surface area contributed by atoms with Crippen LogP contribution in [-0.2, 0) is 19.0 Å². The first kappa shape index (κ1) is 21.4. The van der Waals surface area contributed by atoms with E-state index in [-0.39, 0.29) is 12.7 Å². The lowest BCUT2D eigenvalue weighted by atomic mass is 10.0. The van der Waals surface area contributed by atoms with E-state index >= 15 is 0 Å². The molecule has 8 nitrogen and oxygen atoms in total. The highest BCUT2D eigenvalue weighted by Gasteiger charge is 2.30. The first-order valence-electron chi connectivity index (χ1n) is 9.32. The second-order valence-corrected chi connectivity index (χ2v) is 9.75. The molecule has 2 heterocycles. The Bertz CT molecular complexity index is 559. The first-order valence-corrected chi connectivity index (χ1v) is 11.1. The number of rotatable bonds is 5. The van der Waals surface area contributed by atoms with E-state index in [4.69, 9.17) is 8.92 Å². The van der Waals surface area contributed by atoms with Gasteiger partial charge in [-0.2, -0.15) is 8.42 Å². The van der Waals surface area contributed by atoms with E-state index in [2.05, 4.69) is 9.80 Å². The molecule has 2 rings (SSSR count). The van der Waals surface area contributed by atoms with Gasteiger partial charge in [-0.1, -0.05) is 0 Å². The fourth-order valence-corrected chi connectivity index (χ4v) is 3.79. The van der Waals surface area contributed by atoms with Gasteiger partial charge >= 0.3 is 6.09 Å². The monoisotopic (exact) mass is 391 g/mol. The lowest BCUT2D eigenvalue weighted by Crippen LogP contribution is -2.54. The summed E-state index contributed by atoms with van der Waals surface area (Å²) in [5.74, 6) is 0. The standard InChI is InChI=1S/C17H33N3O5S/c1-17(2,3)25-16(21)20-7-5-15(6-8-20)19-11-9-18(10-12-19)13-14-24-26(4,22)23/h15H,5-14H2,1-4H3. The summed E-state index contributed by atoms with van der Waals surface area (Å²) in [5, 5.41) is 0. The van der Waals surface area contributed by atoms with Crippen LogP contribution >= 0.6 is 0 Å². The largest absolute Gasteiger partial charge is 0.444 e. The highest BCUT2D eigenvalue weighted by Crippen LogP contribution is 2.20. The number of piperazine rings is 1. The molecule has 0 bridgehead atoms. The molecule has 9 heteroatoms. The van der Waals surface area contributed by atoms with Crippen molar-refractivity contribution in [3.8, 4) is 0 Å². The minimum atomic E-state index is -3.36. The molecular weight excluding hydrogens is 358 g/mol. The van der Waals surface area contributed by atoms with Crippen LogP contribution in [0.4, 0.5) is 4.79 Å². The summed E-state index contributed by atoms with van der Waals surface area (Å²) in [6, 6.07) is 0.503. The highest BCUT2D eigenvalue weighted by atomic mass is 32.2. The van der Waals surface area contributed by atoms with Crippen LogP contribution in [0.25, 0.3) is 0 Å². The van der Waals surface area contributed by atoms with Crippen LogP contribution in [-0.4, -0.2) is 99.5 Å². The number of carbonyl (C=O) groups is 1. The number of carbonyl (C=O) groups excluding carboxylic acids is 1. The first-order chi connectivity index (χ1) is 12.0. The van der Waals surface area contributed by atoms with Crippen molar-refractivity contribution in [2.75, 3.05) is 58.7 Å². The number of hydrogen-bond acceptors (Lipinski definition) is 7. The number of piperidine rings is 1. The normalized spacial score (nSPS) is 21.8. The van der Waals surface area contributed by atoms with E-state index in [0.717, 1.165) is 58.4 Å². The molecule has 2 fully saturated rings. The second kappa shape index (κ2) is 8.86. The van der Waals surface area contributed by atoms with Crippen LogP contribution < -0.4 is 0 Å². The Morgan fingerprint density at radius 2 is 1.62 bits per heavy atom. The van der Waals surface area contributed by atoms with Crippen molar-refractivity contribution in [3.63, 3.8) is 0 Å². The third-order valence-electron chi connectivity index (χ3n) is 4.74. The van der Waals surface area contributed by atoms with Gasteiger partial charge in [-0.3, -0.25) is 14.0 Å². The Morgan fingerprint density at radius 1 is 1.04 bits per heavy atom. The van der Waals surface area contributed by atoms with Gasteiger partial charge in [0.1, 0.15) is 5.60 Å². The van der Waals surface area contributed by atoms with Gasteiger partial charge < -0.3 is 9.64 Å². The molecule has 0 aromatic heterocycles. The highest BCUT2D eigenvalue weighted by molar-refractivity contribution is 7.85. The van der Waals surface area contributed by atoms with Crippen LogP contribution in [0, 0.1) is 0 Å². The van der Waals surface area contributed by atoms with E-state index in [1.807, 2.05) is 20.8 Å².